The molecule has 0 spiro atoms. The fourth-order valence-corrected chi connectivity index (χ4v) is 6.39. The van der Waals surface area contributed by atoms with Gasteiger partial charge in [0, 0.05) is 16.5 Å². The Bertz CT molecular complexity index is 1680. The van der Waals surface area contributed by atoms with Gasteiger partial charge in [-0.15, -0.1) is 0 Å². The molecule has 0 radical (unpaired) electrons. The second-order valence-electron chi connectivity index (χ2n) is 9.74. The number of imidazole rings is 1. The van der Waals surface area contributed by atoms with Crippen LogP contribution >= 0.6 is 23.2 Å². The zero-order valence-corrected chi connectivity index (χ0v) is 24.4. The summed E-state index contributed by atoms with van der Waals surface area (Å²) in [5.41, 5.74) is 4.99. The number of benzene rings is 2. The van der Waals surface area contributed by atoms with Gasteiger partial charge in [0.05, 0.1) is 29.6 Å². The van der Waals surface area contributed by atoms with Crippen LogP contribution in [0.1, 0.15) is 31.9 Å². The standard InChI is InChI=1S/C26H25Cl2N7O5S/c1-14(22(30)36)32-23(37)15(2)33-41(39,40)21-13-31-25-34(20-9-18(27)8-19(28)10-20)24(38)26(3,35(21)25)11-16-4-6-17(12-29)7-5-16/h4-10,13-15,33H,11H2,1-3H3,(H2,30,36)(H,32,37). The molecule has 41 heavy (non-hydrogen) atoms. The molecule has 1 aliphatic heterocycles. The number of hydrogen-bond donors (Lipinski definition) is 3. The first-order valence-corrected chi connectivity index (χ1v) is 14.4. The number of nitrogens with one attached hydrogen (secondary N) is 2. The van der Waals surface area contributed by atoms with E-state index in [-0.39, 0.29) is 33.1 Å². The Labute approximate surface area is 246 Å². The first kappa shape index (κ1) is 30.0. The zero-order chi connectivity index (χ0) is 30.3. The number of nitrogens with zero attached hydrogens (tertiary/aromatic N) is 4. The van der Waals surface area contributed by atoms with Crippen molar-refractivity contribution in [1.29, 1.82) is 5.26 Å². The lowest BCUT2D eigenvalue weighted by Crippen LogP contribution is -2.51. The lowest BCUT2D eigenvalue weighted by Gasteiger charge is -2.27. The molecule has 4 N–H and O–H groups in total. The molecule has 3 unspecified atom stereocenters. The molecule has 4 rings (SSSR count). The average Bonchev–Trinajstić information content (AvgIpc) is 3.42. The van der Waals surface area contributed by atoms with E-state index < -0.39 is 45.4 Å². The number of primary amides is 1. The van der Waals surface area contributed by atoms with Crippen molar-refractivity contribution in [2.24, 2.45) is 5.73 Å². The normalized spacial score (nSPS) is 18.0. The van der Waals surface area contributed by atoms with E-state index in [1.54, 1.807) is 31.2 Å². The lowest BCUT2D eigenvalue weighted by molar-refractivity contribution is -0.127. The highest BCUT2D eigenvalue weighted by Crippen LogP contribution is 2.44. The maximum absolute atomic E-state index is 14.1. The van der Waals surface area contributed by atoms with Gasteiger partial charge in [-0.05, 0) is 56.7 Å². The van der Waals surface area contributed by atoms with Crippen molar-refractivity contribution in [2.75, 3.05) is 4.90 Å². The van der Waals surface area contributed by atoms with Gasteiger partial charge in [0.25, 0.3) is 15.9 Å². The van der Waals surface area contributed by atoms with Crippen LogP contribution in [0.5, 0.6) is 0 Å². The van der Waals surface area contributed by atoms with E-state index in [1.807, 2.05) is 6.07 Å². The lowest BCUT2D eigenvalue weighted by atomic mass is 9.91. The molecule has 0 fully saturated rings. The predicted octanol–water partition coefficient (Wildman–Crippen LogP) is 2.35. The SMILES string of the molecule is CC(NC(=O)C(C)NS(=O)(=O)c1cnc2n1C(C)(Cc1ccc(C#N)cc1)C(=O)N2c1cc(Cl)cc(Cl)c1)C(N)=O. The number of fused-ring (bicyclic) bond motifs is 1. The monoisotopic (exact) mass is 617 g/mol. The molecule has 0 saturated carbocycles. The summed E-state index contributed by atoms with van der Waals surface area (Å²) in [7, 11) is -4.46. The number of nitriles is 1. The Balaban J connectivity index is 1.80. The van der Waals surface area contributed by atoms with Gasteiger partial charge in [0.1, 0.15) is 11.6 Å². The van der Waals surface area contributed by atoms with Gasteiger partial charge in [-0.2, -0.15) is 9.98 Å². The van der Waals surface area contributed by atoms with Gasteiger partial charge < -0.3 is 11.1 Å². The number of hydrogen-bond acceptors (Lipinski definition) is 7. The molecule has 214 valence electrons. The number of rotatable bonds is 9. The minimum absolute atomic E-state index is 0.00990. The molecule has 0 saturated heterocycles. The van der Waals surface area contributed by atoms with Gasteiger partial charge in [-0.25, -0.2) is 18.3 Å². The van der Waals surface area contributed by atoms with E-state index in [0.29, 0.717) is 11.1 Å². The van der Waals surface area contributed by atoms with E-state index in [0.717, 1.165) is 6.20 Å². The number of aromatic nitrogens is 2. The van der Waals surface area contributed by atoms with Gasteiger partial charge in [0.15, 0.2) is 5.03 Å². The summed E-state index contributed by atoms with van der Waals surface area (Å²) in [6.45, 7) is 4.22. The minimum Gasteiger partial charge on any atom is -0.368 e. The molecule has 1 aliphatic rings. The van der Waals surface area contributed by atoms with Crippen LogP contribution in [0.25, 0.3) is 0 Å². The van der Waals surface area contributed by atoms with E-state index in [9.17, 15) is 22.8 Å². The van der Waals surface area contributed by atoms with Crippen molar-refractivity contribution >= 4 is 62.6 Å². The van der Waals surface area contributed by atoms with Crippen molar-refractivity contribution in [3.63, 3.8) is 0 Å². The molecule has 12 nitrogen and oxygen atoms in total. The summed E-state index contributed by atoms with van der Waals surface area (Å²) >= 11 is 12.4. The third kappa shape index (κ3) is 5.77. The van der Waals surface area contributed by atoms with Crippen molar-refractivity contribution in [3.8, 4) is 6.07 Å². The fourth-order valence-electron chi connectivity index (χ4n) is 4.47. The van der Waals surface area contributed by atoms with Crippen molar-refractivity contribution < 1.29 is 22.8 Å². The zero-order valence-electron chi connectivity index (χ0n) is 22.1. The van der Waals surface area contributed by atoms with Crippen LogP contribution in [0.3, 0.4) is 0 Å². The van der Waals surface area contributed by atoms with Crippen LogP contribution in [-0.2, 0) is 36.4 Å². The van der Waals surface area contributed by atoms with Gasteiger partial charge in [0.2, 0.25) is 17.8 Å². The first-order valence-electron chi connectivity index (χ1n) is 12.2. The predicted molar refractivity (Wildman–Crippen MR) is 151 cm³/mol. The molecular weight excluding hydrogens is 593 g/mol. The molecule has 2 aromatic carbocycles. The van der Waals surface area contributed by atoms with E-state index in [4.69, 9.17) is 34.2 Å². The maximum atomic E-state index is 14.1. The Morgan fingerprint density at radius 1 is 1.12 bits per heavy atom. The number of anilines is 2. The second kappa shape index (κ2) is 11.1. The molecule has 1 aromatic heterocycles. The summed E-state index contributed by atoms with van der Waals surface area (Å²) in [4.78, 5) is 43.5. The summed E-state index contributed by atoms with van der Waals surface area (Å²) in [6.07, 6.45) is 1.11. The van der Waals surface area contributed by atoms with Crippen LogP contribution < -0.4 is 20.7 Å². The van der Waals surface area contributed by atoms with Crippen molar-refractivity contribution in [3.05, 3.63) is 69.8 Å². The highest BCUT2D eigenvalue weighted by molar-refractivity contribution is 7.89. The van der Waals surface area contributed by atoms with Crippen LogP contribution in [0, 0.1) is 11.3 Å². The van der Waals surface area contributed by atoms with Crippen LogP contribution in [-0.4, -0.2) is 47.8 Å². The highest BCUT2D eigenvalue weighted by atomic mass is 35.5. The topological polar surface area (TPSA) is 180 Å². The van der Waals surface area contributed by atoms with Crippen molar-refractivity contribution in [2.45, 2.75) is 49.8 Å². The van der Waals surface area contributed by atoms with Crippen LogP contribution in [0.4, 0.5) is 11.6 Å². The number of halogens is 2. The van der Waals surface area contributed by atoms with Crippen LogP contribution in [0.2, 0.25) is 10.0 Å². The molecule has 3 aromatic rings. The Kier molecular flexibility index (Phi) is 8.15. The number of carbonyl (C=O) groups excluding carboxylic acids is 3. The third-order valence-electron chi connectivity index (χ3n) is 6.59. The Hall–Kier alpha value is -3.96. The summed E-state index contributed by atoms with van der Waals surface area (Å²) < 4.78 is 30.8. The largest absolute Gasteiger partial charge is 0.368 e. The molecule has 3 amide bonds. The van der Waals surface area contributed by atoms with E-state index in [1.165, 1.54) is 41.5 Å². The summed E-state index contributed by atoms with van der Waals surface area (Å²) in [5.74, 6) is -2.10. The minimum atomic E-state index is -4.46. The Morgan fingerprint density at radius 2 is 1.73 bits per heavy atom. The maximum Gasteiger partial charge on any atom is 0.260 e. The molecule has 2 heterocycles. The molecule has 0 bridgehead atoms. The number of nitrogens with two attached hydrogens (primary N) is 1. The molecule has 15 heteroatoms. The molecular formula is C26H25Cl2N7O5S. The number of carbonyl (C=O) groups is 3. The van der Waals surface area contributed by atoms with Gasteiger partial charge >= 0.3 is 0 Å². The van der Waals surface area contributed by atoms with E-state index >= 15 is 0 Å². The fraction of sp³-hybridized carbons (Fsp3) is 0.269. The highest BCUT2D eigenvalue weighted by Gasteiger charge is 2.52. The van der Waals surface area contributed by atoms with Crippen molar-refractivity contribution in [1.82, 2.24) is 19.6 Å². The first-order chi connectivity index (χ1) is 19.2. The molecule has 3 atom stereocenters. The van der Waals surface area contributed by atoms with Crippen LogP contribution in [0.15, 0.2) is 53.7 Å². The van der Waals surface area contributed by atoms with Gasteiger partial charge in [-0.3, -0.25) is 19.0 Å². The van der Waals surface area contributed by atoms with E-state index in [2.05, 4.69) is 15.0 Å². The quantitative estimate of drug-likeness (QED) is 0.329. The second-order valence-corrected chi connectivity index (χ2v) is 12.3. The number of sulfonamides is 1. The average molecular weight is 619 g/mol. The smallest absolute Gasteiger partial charge is 0.260 e. The molecule has 0 aliphatic carbocycles. The third-order valence-corrected chi connectivity index (χ3v) is 8.53. The van der Waals surface area contributed by atoms with Gasteiger partial charge in [-0.1, -0.05) is 35.3 Å². The Morgan fingerprint density at radius 3 is 2.29 bits per heavy atom. The number of amides is 3. The summed E-state index contributed by atoms with van der Waals surface area (Å²) in [6, 6.07) is 10.7. The summed E-state index contributed by atoms with van der Waals surface area (Å²) in [5, 5.41) is 11.6.